The molecule has 3 heterocycles. The summed E-state index contributed by atoms with van der Waals surface area (Å²) in [6, 6.07) is 3.23. The van der Waals surface area contributed by atoms with Gasteiger partial charge in [-0.15, -0.1) is 0 Å². The lowest BCUT2D eigenvalue weighted by Gasteiger charge is -2.30. The zero-order chi connectivity index (χ0) is 27.9. The molecular weight excluding hydrogens is 504 g/mol. The standard InChI is InChI=1S/C28H42N4O7/c1-3-4-10-30(12-6-9-29)25(34)17-32-16-20(19-14-22(37-2)27-23(15-19)38-18-39-27)26(28(35)36)21(32)8-13-31-11-5-7-24(31)33/h14-15,20-21,26H,3-13,16-18,29H2,1-2H3,(H,35,36)/t20-,21+,26?/m1/s1. The molecule has 2 saturated heterocycles. The molecule has 1 aromatic carbocycles. The fraction of sp³-hybridized carbons (Fsp3) is 0.679. The van der Waals surface area contributed by atoms with Crippen molar-refractivity contribution in [2.45, 2.75) is 57.4 Å². The topological polar surface area (TPSA) is 135 Å². The summed E-state index contributed by atoms with van der Waals surface area (Å²) in [4.78, 5) is 44.3. The molecule has 3 aliphatic rings. The van der Waals surface area contributed by atoms with Crippen LogP contribution in [0.3, 0.4) is 0 Å². The normalized spacial score (nSPS) is 22.5. The van der Waals surface area contributed by atoms with Crippen LogP contribution in [0.2, 0.25) is 0 Å². The molecule has 4 rings (SSSR count). The van der Waals surface area contributed by atoms with E-state index in [4.69, 9.17) is 19.9 Å². The SMILES string of the molecule is CCCCN(CCCN)C(=O)CN1C[C@H](c2cc(OC)c3c(c2)OCO3)C(C(=O)O)[C@@H]1CCN1CCCC1=O. The van der Waals surface area contributed by atoms with Crippen LogP contribution in [0.25, 0.3) is 0 Å². The highest BCUT2D eigenvalue weighted by molar-refractivity contribution is 5.79. The Bertz CT molecular complexity index is 1030. The molecule has 3 aliphatic heterocycles. The summed E-state index contributed by atoms with van der Waals surface area (Å²) in [5.74, 6) is -0.483. The predicted molar refractivity (Wildman–Crippen MR) is 144 cm³/mol. The van der Waals surface area contributed by atoms with Crippen LogP contribution in [0.5, 0.6) is 17.2 Å². The van der Waals surface area contributed by atoms with Gasteiger partial charge in [-0.3, -0.25) is 19.3 Å². The van der Waals surface area contributed by atoms with Crippen molar-refractivity contribution in [2.24, 2.45) is 11.7 Å². The first-order valence-electron chi connectivity index (χ1n) is 14.1. The van der Waals surface area contributed by atoms with Crippen molar-refractivity contribution in [2.75, 3.05) is 59.7 Å². The van der Waals surface area contributed by atoms with E-state index in [1.807, 2.05) is 26.8 Å². The summed E-state index contributed by atoms with van der Waals surface area (Å²) in [6.45, 7) is 5.58. The number of ether oxygens (including phenoxy) is 3. The molecule has 2 fully saturated rings. The second-order valence-corrected chi connectivity index (χ2v) is 10.6. The highest BCUT2D eigenvalue weighted by atomic mass is 16.7. The number of nitrogens with two attached hydrogens (primary N) is 1. The fourth-order valence-electron chi connectivity index (χ4n) is 6.05. The summed E-state index contributed by atoms with van der Waals surface area (Å²) < 4.78 is 16.7. The Hall–Kier alpha value is -3.05. The van der Waals surface area contributed by atoms with Gasteiger partial charge in [-0.05, 0) is 49.9 Å². The number of amides is 2. The average Bonchev–Trinajstić information content (AvgIpc) is 3.65. The summed E-state index contributed by atoms with van der Waals surface area (Å²) in [7, 11) is 1.54. The number of nitrogens with zero attached hydrogens (tertiary/aromatic N) is 3. The number of carboxylic acid groups (broad SMARTS) is 1. The number of likely N-dealkylation sites (tertiary alicyclic amines) is 2. The van der Waals surface area contributed by atoms with E-state index in [2.05, 4.69) is 6.92 Å². The van der Waals surface area contributed by atoms with Crippen LogP contribution in [0, 0.1) is 5.92 Å². The summed E-state index contributed by atoms with van der Waals surface area (Å²) in [5.41, 5.74) is 6.49. The molecule has 0 spiro atoms. The van der Waals surface area contributed by atoms with Gasteiger partial charge in [0.2, 0.25) is 24.4 Å². The number of rotatable bonds is 14. The third-order valence-corrected chi connectivity index (χ3v) is 8.11. The van der Waals surface area contributed by atoms with Gasteiger partial charge in [0, 0.05) is 51.1 Å². The van der Waals surface area contributed by atoms with Crippen molar-refractivity contribution in [3.8, 4) is 17.2 Å². The van der Waals surface area contributed by atoms with Crippen LogP contribution in [-0.2, 0) is 14.4 Å². The summed E-state index contributed by atoms with van der Waals surface area (Å²) >= 11 is 0. The number of methoxy groups -OCH3 is 1. The first-order valence-corrected chi connectivity index (χ1v) is 14.1. The fourth-order valence-corrected chi connectivity index (χ4v) is 6.05. The first kappa shape index (κ1) is 28.9. The first-order chi connectivity index (χ1) is 18.9. The molecule has 1 unspecified atom stereocenters. The molecular formula is C28H42N4O7. The Balaban J connectivity index is 1.62. The molecule has 0 radical (unpaired) electrons. The van der Waals surface area contributed by atoms with Gasteiger partial charge in [-0.1, -0.05) is 13.3 Å². The van der Waals surface area contributed by atoms with Crippen LogP contribution in [0.1, 0.15) is 56.9 Å². The minimum Gasteiger partial charge on any atom is -0.493 e. The molecule has 0 bridgehead atoms. The number of benzene rings is 1. The molecule has 0 aliphatic carbocycles. The molecule has 11 heteroatoms. The Labute approximate surface area is 230 Å². The second kappa shape index (κ2) is 13.3. The van der Waals surface area contributed by atoms with E-state index in [9.17, 15) is 19.5 Å². The van der Waals surface area contributed by atoms with E-state index < -0.39 is 23.8 Å². The maximum Gasteiger partial charge on any atom is 0.308 e. The van der Waals surface area contributed by atoms with Gasteiger partial charge in [-0.25, -0.2) is 0 Å². The lowest BCUT2D eigenvalue weighted by Crippen LogP contribution is -2.46. The van der Waals surface area contributed by atoms with Gasteiger partial charge in [-0.2, -0.15) is 0 Å². The van der Waals surface area contributed by atoms with E-state index in [0.717, 1.165) is 24.8 Å². The van der Waals surface area contributed by atoms with Gasteiger partial charge in [0.25, 0.3) is 0 Å². The predicted octanol–water partition coefficient (Wildman–Crippen LogP) is 1.88. The monoisotopic (exact) mass is 546 g/mol. The molecule has 216 valence electrons. The van der Waals surface area contributed by atoms with Crippen LogP contribution < -0.4 is 19.9 Å². The maximum atomic E-state index is 13.5. The molecule has 11 nitrogen and oxygen atoms in total. The van der Waals surface area contributed by atoms with E-state index in [1.54, 1.807) is 0 Å². The van der Waals surface area contributed by atoms with Crippen LogP contribution in [0.4, 0.5) is 0 Å². The van der Waals surface area contributed by atoms with Crippen molar-refractivity contribution in [3.05, 3.63) is 17.7 Å². The number of aliphatic carboxylic acids is 1. The van der Waals surface area contributed by atoms with Gasteiger partial charge < -0.3 is 34.9 Å². The number of hydrogen-bond acceptors (Lipinski definition) is 8. The Morgan fingerprint density at radius 2 is 2.03 bits per heavy atom. The maximum absolute atomic E-state index is 13.5. The Morgan fingerprint density at radius 1 is 1.23 bits per heavy atom. The van der Waals surface area contributed by atoms with Crippen molar-refractivity contribution in [1.82, 2.24) is 14.7 Å². The van der Waals surface area contributed by atoms with Gasteiger partial charge >= 0.3 is 5.97 Å². The van der Waals surface area contributed by atoms with Crippen LogP contribution >= 0.6 is 0 Å². The zero-order valence-corrected chi connectivity index (χ0v) is 23.1. The third-order valence-electron chi connectivity index (χ3n) is 8.11. The van der Waals surface area contributed by atoms with Crippen molar-refractivity contribution >= 4 is 17.8 Å². The van der Waals surface area contributed by atoms with Crippen molar-refractivity contribution in [1.29, 1.82) is 0 Å². The molecule has 1 aromatic rings. The van der Waals surface area contributed by atoms with Crippen molar-refractivity contribution in [3.63, 3.8) is 0 Å². The third kappa shape index (κ3) is 6.58. The molecule has 0 saturated carbocycles. The molecule has 3 atom stereocenters. The van der Waals surface area contributed by atoms with Crippen LogP contribution in [-0.4, -0.2) is 103 Å². The van der Waals surface area contributed by atoms with Gasteiger partial charge in [0.15, 0.2) is 11.5 Å². The quantitative estimate of drug-likeness (QED) is 0.359. The van der Waals surface area contributed by atoms with E-state index in [0.29, 0.717) is 75.8 Å². The number of hydrogen-bond donors (Lipinski definition) is 2. The van der Waals surface area contributed by atoms with Crippen molar-refractivity contribution < 1.29 is 33.7 Å². The lowest BCUT2D eigenvalue weighted by molar-refractivity contribution is -0.144. The molecule has 39 heavy (non-hydrogen) atoms. The minimum atomic E-state index is -0.921. The molecule has 2 amide bonds. The number of carboxylic acids is 1. The number of unbranched alkanes of at least 4 members (excludes halogenated alkanes) is 1. The zero-order valence-electron chi connectivity index (χ0n) is 23.1. The number of fused-ring (bicyclic) bond motifs is 1. The van der Waals surface area contributed by atoms with E-state index in [-0.39, 0.29) is 25.2 Å². The minimum absolute atomic E-state index is 0.0211. The highest BCUT2D eigenvalue weighted by Crippen LogP contribution is 2.47. The largest absolute Gasteiger partial charge is 0.493 e. The van der Waals surface area contributed by atoms with Gasteiger partial charge in [0.05, 0.1) is 19.6 Å². The lowest BCUT2D eigenvalue weighted by atomic mass is 9.84. The molecule has 3 N–H and O–H groups in total. The Morgan fingerprint density at radius 3 is 2.69 bits per heavy atom. The highest BCUT2D eigenvalue weighted by Gasteiger charge is 2.48. The summed E-state index contributed by atoms with van der Waals surface area (Å²) in [5, 5.41) is 10.5. The number of carbonyl (C=O) groups excluding carboxylic acids is 2. The average molecular weight is 547 g/mol. The number of carbonyl (C=O) groups is 3. The second-order valence-electron chi connectivity index (χ2n) is 10.6. The van der Waals surface area contributed by atoms with E-state index >= 15 is 0 Å². The smallest absolute Gasteiger partial charge is 0.308 e. The van der Waals surface area contributed by atoms with E-state index in [1.165, 1.54) is 7.11 Å². The summed E-state index contributed by atoms with van der Waals surface area (Å²) in [6.07, 6.45) is 4.41. The van der Waals surface area contributed by atoms with Crippen LogP contribution in [0.15, 0.2) is 12.1 Å². The Kier molecular flexibility index (Phi) is 9.90. The van der Waals surface area contributed by atoms with Gasteiger partial charge in [0.1, 0.15) is 0 Å². The molecule has 0 aromatic heterocycles.